The van der Waals surface area contributed by atoms with E-state index in [1.165, 1.54) is 0 Å². The molecule has 0 spiro atoms. The highest BCUT2D eigenvalue weighted by Gasteiger charge is 2.26. The second kappa shape index (κ2) is 8.24. The average Bonchev–Trinajstić information content (AvgIpc) is 2.95. The first-order valence-corrected chi connectivity index (χ1v) is 9.33. The van der Waals surface area contributed by atoms with Crippen molar-refractivity contribution >= 4 is 12.0 Å². The van der Waals surface area contributed by atoms with Crippen LogP contribution in [0.15, 0.2) is 30.3 Å². The number of urea groups is 1. The summed E-state index contributed by atoms with van der Waals surface area (Å²) in [6, 6.07) is 9.71. The summed E-state index contributed by atoms with van der Waals surface area (Å²) in [4.78, 5) is 23.2. The molecule has 1 aliphatic rings. The Morgan fingerprint density at radius 2 is 1.81 bits per heavy atom. The van der Waals surface area contributed by atoms with E-state index >= 15 is 0 Å². The summed E-state index contributed by atoms with van der Waals surface area (Å²) in [5.74, 6) is -1.01. The second-order valence-corrected chi connectivity index (χ2v) is 7.11. The number of carboxylic acid groups (broad SMARTS) is 1. The number of amides is 2. The Balaban J connectivity index is 1.55. The van der Waals surface area contributed by atoms with E-state index in [9.17, 15) is 9.59 Å². The molecule has 0 bridgehead atoms. The molecule has 1 aromatic carbocycles. The maximum atomic E-state index is 12.2. The molecule has 3 N–H and O–H groups in total. The number of carbonyl (C=O) groups is 2. The van der Waals surface area contributed by atoms with E-state index in [1.807, 2.05) is 48.9 Å². The van der Waals surface area contributed by atoms with Crippen molar-refractivity contribution in [1.29, 1.82) is 0 Å². The summed E-state index contributed by atoms with van der Waals surface area (Å²) >= 11 is 0. The zero-order valence-corrected chi connectivity index (χ0v) is 15.7. The molecule has 1 saturated carbocycles. The fourth-order valence-corrected chi connectivity index (χ4v) is 3.64. The third-order valence-electron chi connectivity index (χ3n) is 5.28. The maximum Gasteiger partial charge on any atom is 0.315 e. The van der Waals surface area contributed by atoms with Crippen molar-refractivity contribution in [2.75, 3.05) is 0 Å². The van der Waals surface area contributed by atoms with Crippen molar-refractivity contribution in [2.24, 2.45) is 5.92 Å². The third kappa shape index (κ3) is 4.48. The molecule has 1 aliphatic carbocycles. The number of benzene rings is 1. The molecule has 1 heterocycles. The van der Waals surface area contributed by atoms with Crippen molar-refractivity contribution < 1.29 is 14.7 Å². The second-order valence-electron chi connectivity index (χ2n) is 7.11. The highest BCUT2D eigenvalue weighted by atomic mass is 16.4. The van der Waals surface area contributed by atoms with E-state index in [-0.39, 0.29) is 18.0 Å². The van der Waals surface area contributed by atoms with Gasteiger partial charge < -0.3 is 15.7 Å². The zero-order chi connectivity index (χ0) is 19.4. The number of nitrogens with one attached hydrogen (secondary N) is 2. The van der Waals surface area contributed by atoms with Crippen molar-refractivity contribution in [3.8, 4) is 5.69 Å². The molecule has 0 aliphatic heterocycles. The summed E-state index contributed by atoms with van der Waals surface area (Å²) in [6.07, 6.45) is 2.63. The van der Waals surface area contributed by atoms with Gasteiger partial charge in [-0.25, -0.2) is 9.48 Å². The van der Waals surface area contributed by atoms with Crippen molar-refractivity contribution in [3.63, 3.8) is 0 Å². The molecule has 0 saturated heterocycles. The van der Waals surface area contributed by atoms with Crippen LogP contribution in [-0.4, -0.2) is 32.9 Å². The SMILES string of the molecule is Cc1nn(-c2ccccc2)c(C)c1CNC(=O)NC1CCC(C(=O)O)CC1. The minimum Gasteiger partial charge on any atom is -0.481 e. The highest BCUT2D eigenvalue weighted by Crippen LogP contribution is 2.24. The Bertz CT molecular complexity index is 808. The summed E-state index contributed by atoms with van der Waals surface area (Å²) < 4.78 is 1.89. The van der Waals surface area contributed by atoms with Crippen molar-refractivity contribution in [2.45, 2.75) is 52.1 Å². The van der Waals surface area contributed by atoms with E-state index in [0.717, 1.165) is 22.6 Å². The molecule has 0 radical (unpaired) electrons. The smallest absolute Gasteiger partial charge is 0.315 e. The summed E-state index contributed by atoms with van der Waals surface area (Å²) in [5.41, 5.74) is 3.88. The number of carbonyl (C=O) groups excluding carboxylic acids is 1. The van der Waals surface area contributed by atoms with Gasteiger partial charge in [-0.3, -0.25) is 4.79 Å². The first-order chi connectivity index (χ1) is 13.0. The molecule has 1 fully saturated rings. The Morgan fingerprint density at radius 3 is 2.44 bits per heavy atom. The number of aromatic nitrogens is 2. The van der Waals surface area contributed by atoms with E-state index in [4.69, 9.17) is 5.11 Å². The van der Waals surface area contributed by atoms with Gasteiger partial charge >= 0.3 is 12.0 Å². The molecular weight excluding hydrogens is 344 g/mol. The largest absolute Gasteiger partial charge is 0.481 e. The standard InChI is InChI=1S/C20H26N4O3/c1-13-18(14(2)24(23-13)17-6-4-3-5-7-17)12-21-20(27)22-16-10-8-15(9-11-16)19(25)26/h3-7,15-16H,8-12H2,1-2H3,(H,25,26)(H2,21,22,27). The monoisotopic (exact) mass is 370 g/mol. The first kappa shape index (κ1) is 18.9. The van der Waals surface area contributed by atoms with Gasteiger partial charge in [-0.2, -0.15) is 5.10 Å². The van der Waals surface area contributed by atoms with Crippen LogP contribution in [0.25, 0.3) is 5.69 Å². The predicted octanol–water partition coefficient (Wildman–Crippen LogP) is 2.93. The van der Waals surface area contributed by atoms with Crippen molar-refractivity contribution in [1.82, 2.24) is 20.4 Å². The third-order valence-corrected chi connectivity index (χ3v) is 5.28. The van der Waals surface area contributed by atoms with Crippen LogP contribution in [0.3, 0.4) is 0 Å². The quantitative estimate of drug-likeness (QED) is 0.754. The fraction of sp³-hybridized carbons (Fsp3) is 0.450. The lowest BCUT2D eigenvalue weighted by molar-refractivity contribution is -0.142. The molecule has 0 atom stereocenters. The molecule has 2 amide bonds. The van der Waals surface area contributed by atoms with Gasteiger partial charge in [-0.15, -0.1) is 0 Å². The Morgan fingerprint density at radius 1 is 1.15 bits per heavy atom. The van der Waals surface area contributed by atoms with Gasteiger partial charge in [0, 0.05) is 23.8 Å². The average molecular weight is 370 g/mol. The van der Waals surface area contributed by atoms with Crippen LogP contribution in [0.2, 0.25) is 0 Å². The number of aliphatic carboxylic acids is 1. The molecule has 2 aromatic rings. The Hall–Kier alpha value is -2.83. The number of rotatable bonds is 5. The van der Waals surface area contributed by atoms with E-state index in [2.05, 4.69) is 15.7 Å². The summed E-state index contributed by atoms with van der Waals surface area (Å²) in [5, 5.41) is 19.5. The lowest BCUT2D eigenvalue weighted by Crippen LogP contribution is -2.44. The minimum absolute atomic E-state index is 0.0369. The van der Waals surface area contributed by atoms with E-state index in [1.54, 1.807) is 0 Å². The number of para-hydroxylation sites is 1. The lowest BCUT2D eigenvalue weighted by atomic mass is 9.86. The van der Waals surface area contributed by atoms with Gasteiger partial charge in [0.15, 0.2) is 0 Å². The molecule has 7 nitrogen and oxygen atoms in total. The fourth-order valence-electron chi connectivity index (χ4n) is 3.64. The molecule has 3 rings (SSSR count). The predicted molar refractivity (Wildman–Crippen MR) is 102 cm³/mol. The van der Waals surface area contributed by atoms with Gasteiger partial charge in [0.1, 0.15) is 0 Å². The van der Waals surface area contributed by atoms with Crippen molar-refractivity contribution in [3.05, 3.63) is 47.3 Å². The van der Waals surface area contributed by atoms with Crippen LogP contribution >= 0.6 is 0 Å². The van der Waals surface area contributed by atoms with Crippen LogP contribution in [0.4, 0.5) is 4.79 Å². The maximum absolute atomic E-state index is 12.2. The molecular formula is C20H26N4O3. The summed E-state index contributed by atoms with van der Waals surface area (Å²) in [6.45, 7) is 4.34. The van der Waals surface area contributed by atoms with Gasteiger partial charge in [0.2, 0.25) is 0 Å². The van der Waals surface area contributed by atoms with Gasteiger partial charge in [0.05, 0.1) is 17.3 Å². The normalized spacial score (nSPS) is 19.5. The lowest BCUT2D eigenvalue weighted by Gasteiger charge is -2.26. The van der Waals surface area contributed by atoms with Crippen LogP contribution in [-0.2, 0) is 11.3 Å². The van der Waals surface area contributed by atoms with Crippen LogP contribution in [0, 0.1) is 19.8 Å². The number of nitrogens with zero attached hydrogens (tertiary/aromatic N) is 2. The summed E-state index contributed by atoms with van der Waals surface area (Å²) in [7, 11) is 0. The van der Waals surface area contributed by atoms with Gasteiger partial charge in [-0.05, 0) is 51.7 Å². The van der Waals surface area contributed by atoms with Crippen LogP contribution in [0.5, 0.6) is 0 Å². The van der Waals surface area contributed by atoms with Gasteiger partial charge in [-0.1, -0.05) is 18.2 Å². The van der Waals surface area contributed by atoms with Crippen LogP contribution < -0.4 is 10.6 Å². The highest BCUT2D eigenvalue weighted by molar-refractivity contribution is 5.74. The molecule has 1 aromatic heterocycles. The number of hydrogen-bond acceptors (Lipinski definition) is 3. The minimum atomic E-state index is -0.737. The molecule has 7 heteroatoms. The molecule has 27 heavy (non-hydrogen) atoms. The molecule has 0 unspecified atom stereocenters. The number of aryl methyl sites for hydroxylation is 1. The van der Waals surface area contributed by atoms with Crippen LogP contribution in [0.1, 0.15) is 42.6 Å². The van der Waals surface area contributed by atoms with E-state index in [0.29, 0.717) is 32.2 Å². The zero-order valence-electron chi connectivity index (χ0n) is 15.7. The molecule has 144 valence electrons. The topological polar surface area (TPSA) is 96.3 Å². The Labute approximate surface area is 158 Å². The number of carboxylic acids is 1. The first-order valence-electron chi connectivity index (χ1n) is 9.33. The van der Waals surface area contributed by atoms with Gasteiger partial charge in [0.25, 0.3) is 0 Å². The Kier molecular flexibility index (Phi) is 5.78. The van der Waals surface area contributed by atoms with E-state index < -0.39 is 5.97 Å². The number of hydrogen-bond donors (Lipinski definition) is 3.